The van der Waals surface area contributed by atoms with Crippen LogP contribution in [-0.4, -0.2) is 18.6 Å². The van der Waals surface area contributed by atoms with Crippen molar-refractivity contribution < 1.29 is 13.9 Å². The van der Waals surface area contributed by atoms with E-state index in [1.165, 1.54) is 12.1 Å². The van der Waals surface area contributed by atoms with Crippen LogP contribution in [0.2, 0.25) is 0 Å². The van der Waals surface area contributed by atoms with Crippen molar-refractivity contribution in [1.82, 2.24) is 5.32 Å². The van der Waals surface area contributed by atoms with Crippen LogP contribution in [0.15, 0.2) is 18.2 Å². The molecule has 0 aromatic heterocycles. The Labute approximate surface area is 119 Å². The fourth-order valence-corrected chi connectivity index (χ4v) is 1.66. The second-order valence-corrected chi connectivity index (χ2v) is 4.79. The first-order valence-corrected chi connectivity index (χ1v) is 6.66. The van der Waals surface area contributed by atoms with Crippen molar-refractivity contribution in [2.24, 2.45) is 5.92 Å². The van der Waals surface area contributed by atoms with Gasteiger partial charge in [0.2, 0.25) is 0 Å². The van der Waals surface area contributed by atoms with E-state index in [-0.39, 0.29) is 29.9 Å². The normalized spacial score (nSPS) is 13.2. The van der Waals surface area contributed by atoms with E-state index in [1.807, 2.05) is 6.92 Å². The van der Waals surface area contributed by atoms with E-state index in [0.717, 1.165) is 12.5 Å². The molecule has 2 unspecified atom stereocenters. The number of rotatable bonds is 6. The molecule has 2 atom stereocenters. The lowest BCUT2D eigenvalue weighted by atomic mass is 10.0. The summed E-state index contributed by atoms with van der Waals surface area (Å²) in [6.45, 7) is 6.05. The third kappa shape index (κ3) is 4.27. The van der Waals surface area contributed by atoms with Gasteiger partial charge in [-0.25, -0.2) is 4.39 Å². The predicted octanol–water partition coefficient (Wildman–Crippen LogP) is 3.00. The smallest absolute Gasteiger partial charge is 0.251 e. The summed E-state index contributed by atoms with van der Waals surface area (Å²) in [5.74, 6) is 1.79. The highest BCUT2D eigenvalue weighted by atomic mass is 19.1. The predicted molar refractivity (Wildman–Crippen MR) is 77.1 cm³/mol. The Kier molecular flexibility index (Phi) is 6.05. The van der Waals surface area contributed by atoms with E-state index >= 15 is 0 Å². The third-order valence-corrected chi connectivity index (χ3v) is 3.36. The molecular formula is C16H20FNO2. The highest BCUT2D eigenvalue weighted by Gasteiger charge is 2.15. The molecular weight excluding hydrogens is 257 g/mol. The highest BCUT2D eigenvalue weighted by molar-refractivity contribution is 5.94. The van der Waals surface area contributed by atoms with Crippen LogP contribution < -0.4 is 10.1 Å². The maximum absolute atomic E-state index is 13.7. The topological polar surface area (TPSA) is 38.3 Å². The number of hydrogen-bond acceptors (Lipinski definition) is 2. The maximum atomic E-state index is 13.7. The zero-order valence-corrected chi connectivity index (χ0v) is 12.1. The van der Waals surface area contributed by atoms with Crippen LogP contribution in [0.3, 0.4) is 0 Å². The second-order valence-electron chi connectivity index (χ2n) is 4.79. The Morgan fingerprint density at radius 1 is 1.50 bits per heavy atom. The van der Waals surface area contributed by atoms with Gasteiger partial charge in [-0.15, -0.1) is 6.42 Å². The molecule has 0 fully saturated rings. The van der Waals surface area contributed by atoms with E-state index in [9.17, 15) is 9.18 Å². The number of nitrogens with one attached hydrogen (secondary N) is 1. The van der Waals surface area contributed by atoms with Crippen LogP contribution in [0.25, 0.3) is 0 Å². The van der Waals surface area contributed by atoms with Crippen LogP contribution in [0.1, 0.15) is 37.6 Å². The zero-order chi connectivity index (χ0) is 15.1. The molecule has 1 aromatic carbocycles. The molecule has 0 radical (unpaired) electrons. The number of carbonyl (C=O) groups is 1. The van der Waals surface area contributed by atoms with Gasteiger partial charge in [0.1, 0.15) is 6.61 Å². The molecule has 1 N–H and O–H groups in total. The molecule has 0 aliphatic heterocycles. The summed E-state index contributed by atoms with van der Waals surface area (Å²) >= 11 is 0. The second kappa shape index (κ2) is 7.54. The molecule has 0 saturated carbocycles. The summed E-state index contributed by atoms with van der Waals surface area (Å²) in [7, 11) is 0. The number of benzene rings is 1. The summed E-state index contributed by atoms with van der Waals surface area (Å²) in [6.07, 6.45) is 6.01. The third-order valence-electron chi connectivity index (χ3n) is 3.36. The lowest BCUT2D eigenvalue weighted by Crippen LogP contribution is -2.36. The number of halogens is 1. The fourth-order valence-electron chi connectivity index (χ4n) is 1.66. The molecule has 20 heavy (non-hydrogen) atoms. The molecule has 1 amide bonds. The van der Waals surface area contributed by atoms with Gasteiger partial charge in [-0.05, 0) is 31.0 Å². The summed E-state index contributed by atoms with van der Waals surface area (Å²) in [5.41, 5.74) is 0.269. The summed E-state index contributed by atoms with van der Waals surface area (Å²) in [4.78, 5) is 12.0. The summed E-state index contributed by atoms with van der Waals surface area (Å²) in [6, 6.07) is 4.13. The Hall–Kier alpha value is -2.02. The minimum atomic E-state index is -0.593. The largest absolute Gasteiger partial charge is 0.478 e. The van der Waals surface area contributed by atoms with Gasteiger partial charge in [-0.3, -0.25) is 4.79 Å². The van der Waals surface area contributed by atoms with Crippen molar-refractivity contribution in [2.75, 3.05) is 6.61 Å². The number of carbonyl (C=O) groups excluding carboxylic acids is 1. The van der Waals surface area contributed by atoms with Gasteiger partial charge in [0.25, 0.3) is 5.91 Å². The van der Waals surface area contributed by atoms with Gasteiger partial charge in [0, 0.05) is 11.6 Å². The SMILES string of the molecule is C#CCOc1ccc(C(=O)NC(C)C(C)CC)cc1F. The number of terminal acetylenes is 1. The van der Waals surface area contributed by atoms with E-state index in [4.69, 9.17) is 11.2 Å². The van der Waals surface area contributed by atoms with E-state index in [2.05, 4.69) is 25.1 Å². The standard InChI is InChI=1S/C16H20FNO2/c1-5-9-20-15-8-7-13(10-14(15)17)16(19)18-12(4)11(3)6-2/h1,7-8,10-12H,6,9H2,2-4H3,(H,18,19). The van der Waals surface area contributed by atoms with Gasteiger partial charge < -0.3 is 10.1 Å². The number of ether oxygens (including phenoxy) is 1. The molecule has 108 valence electrons. The summed E-state index contributed by atoms with van der Waals surface area (Å²) in [5, 5.41) is 2.86. The molecule has 0 bridgehead atoms. The van der Waals surface area contributed by atoms with Gasteiger partial charge >= 0.3 is 0 Å². The van der Waals surface area contributed by atoms with Crippen LogP contribution in [0.4, 0.5) is 4.39 Å². The zero-order valence-electron chi connectivity index (χ0n) is 12.1. The minimum absolute atomic E-state index is 0.00644. The van der Waals surface area contributed by atoms with Crippen molar-refractivity contribution in [1.29, 1.82) is 0 Å². The molecule has 1 rings (SSSR count). The van der Waals surface area contributed by atoms with Crippen LogP contribution in [0.5, 0.6) is 5.75 Å². The van der Waals surface area contributed by atoms with Gasteiger partial charge in [-0.2, -0.15) is 0 Å². The van der Waals surface area contributed by atoms with Crippen molar-refractivity contribution in [3.05, 3.63) is 29.6 Å². The minimum Gasteiger partial charge on any atom is -0.478 e. The van der Waals surface area contributed by atoms with Crippen molar-refractivity contribution in [3.8, 4) is 18.1 Å². The van der Waals surface area contributed by atoms with Gasteiger partial charge in [0.15, 0.2) is 11.6 Å². The van der Waals surface area contributed by atoms with Crippen molar-refractivity contribution in [2.45, 2.75) is 33.2 Å². The monoisotopic (exact) mass is 277 g/mol. The van der Waals surface area contributed by atoms with Crippen molar-refractivity contribution >= 4 is 5.91 Å². The average Bonchev–Trinajstić information content (AvgIpc) is 2.44. The molecule has 0 heterocycles. The average molecular weight is 277 g/mol. The number of hydrogen-bond donors (Lipinski definition) is 1. The van der Waals surface area contributed by atoms with Crippen molar-refractivity contribution in [3.63, 3.8) is 0 Å². The first kappa shape index (κ1) is 16.0. The Morgan fingerprint density at radius 2 is 2.20 bits per heavy atom. The van der Waals surface area contributed by atoms with Crippen LogP contribution >= 0.6 is 0 Å². The molecule has 0 saturated heterocycles. The lowest BCUT2D eigenvalue weighted by Gasteiger charge is -2.20. The first-order valence-electron chi connectivity index (χ1n) is 6.66. The van der Waals surface area contributed by atoms with E-state index in [0.29, 0.717) is 5.92 Å². The molecule has 0 aliphatic rings. The molecule has 1 aromatic rings. The fraction of sp³-hybridized carbons (Fsp3) is 0.438. The molecule has 0 spiro atoms. The quantitative estimate of drug-likeness (QED) is 0.812. The van der Waals surface area contributed by atoms with E-state index < -0.39 is 5.82 Å². The lowest BCUT2D eigenvalue weighted by molar-refractivity contribution is 0.0927. The Morgan fingerprint density at radius 3 is 2.75 bits per heavy atom. The molecule has 3 nitrogen and oxygen atoms in total. The van der Waals surface area contributed by atoms with Gasteiger partial charge in [-0.1, -0.05) is 26.2 Å². The van der Waals surface area contributed by atoms with E-state index in [1.54, 1.807) is 0 Å². The van der Waals surface area contributed by atoms with Crippen LogP contribution in [0, 0.1) is 24.1 Å². The molecule has 4 heteroatoms. The Bertz CT molecular complexity index is 508. The Balaban J connectivity index is 2.75. The molecule has 0 aliphatic carbocycles. The van der Waals surface area contributed by atoms with Crippen LogP contribution in [-0.2, 0) is 0 Å². The number of amides is 1. The van der Waals surface area contributed by atoms with Gasteiger partial charge in [0.05, 0.1) is 0 Å². The maximum Gasteiger partial charge on any atom is 0.251 e. The first-order chi connectivity index (χ1) is 9.49. The highest BCUT2D eigenvalue weighted by Crippen LogP contribution is 2.18. The summed E-state index contributed by atoms with van der Waals surface area (Å²) < 4.78 is 18.7.